The van der Waals surface area contributed by atoms with E-state index in [4.69, 9.17) is 14.2 Å². The first kappa shape index (κ1) is 15.8. The Hall–Kier alpha value is -1.26. The fraction of sp³-hybridized carbons (Fsp3) is 0.600. The predicted octanol–water partition coefficient (Wildman–Crippen LogP) is 2.47. The van der Waals surface area contributed by atoms with Gasteiger partial charge in [0.1, 0.15) is 6.61 Å². The van der Waals surface area contributed by atoms with Crippen LogP contribution in [0.25, 0.3) is 0 Å². The van der Waals surface area contributed by atoms with Gasteiger partial charge in [-0.3, -0.25) is 0 Å². The normalized spacial score (nSPS) is 10.8. The van der Waals surface area contributed by atoms with Crippen LogP contribution in [0.1, 0.15) is 19.4 Å². The smallest absolute Gasteiger partial charge is 0.161 e. The third-order valence-corrected chi connectivity index (χ3v) is 2.55. The van der Waals surface area contributed by atoms with E-state index in [1.54, 1.807) is 7.11 Å². The van der Waals surface area contributed by atoms with Crippen molar-refractivity contribution >= 4 is 0 Å². The molecule has 0 saturated carbocycles. The molecule has 0 fully saturated rings. The molecule has 0 saturated heterocycles. The molecule has 0 atom stereocenters. The summed E-state index contributed by atoms with van der Waals surface area (Å²) in [4.78, 5) is 0. The van der Waals surface area contributed by atoms with Gasteiger partial charge in [-0.1, -0.05) is 19.9 Å². The van der Waals surface area contributed by atoms with E-state index in [9.17, 15) is 0 Å². The first-order valence-corrected chi connectivity index (χ1v) is 6.69. The fourth-order valence-corrected chi connectivity index (χ4v) is 1.68. The third-order valence-electron chi connectivity index (χ3n) is 2.55. The van der Waals surface area contributed by atoms with Crippen LogP contribution >= 0.6 is 0 Å². The van der Waals surface area contributed by atoms with E-state index in [-0.39, 0.29) is 0 Å². The van der Waals surface area contributed by atoms with Gasteiger partial charge in [-0.15, -0.1) is 0 Å². The molecule has 1 aromatic carbocycles. The van der Waals surface area contributed by atoms with E-state index in [1.807, 2.05) is 25.2 Å². The van der Waals surface area contributed by atoms with Crippen molar-refractivity contribution in [2.75, 3.05) is 34.0 Å². The molecule has 0 spiro atoms. The van der Waals surface area contributed by atoms with Gasteiger partial charge in [-0.2, -0.15) is 0 Å². The molecule has 0 unspecified atom stereocenters. The number of rotatable bonds is 9. The highest BCUT2D eigenvalue weighted by Gasteiger charge is 2.05. The molecule has 1 N–H and O–H groups in total. The minimum absolute atomic E-state index is 0.534. The summed E-state index contributed by atoms with van der Waals surface area (Å²) < 4.78 is 16.5. The van der Waals surface area contributed by atoms with Crippen molar-refractivity contribution in [2.24, 2.45) is 5.92 Å². The molecule has 0 aliphatic carbocycles. The second kappa shape index (κ2) is 8.77. The molecule has 1 rings (SSSR count). The molecule has 0 amide bonds. The van der Waals surface area contributed by atoms with Crippen LogP contribution in [0.3, 0.4) is 0 Å². The maximum atomic E-state index is 5.72. The van der Waals surface area contributed by atoms with Crippen molar-refractivity contribution in [1.82, 2.24) is 5.32 Å². The van der Waals surface area contributed by atoms with Crippen molar-refractivity contribution in [3.05, 3.63) is 23.8 Å². The van der Waals surface area contributed by atoms with Gasteiger partial charge < -0.3 is 19.5 Å². The van der Waals surface area contributed by atoms with Crippen LogP contribution in [0.15, 0.2) is 18.2 Å². The van der Waals surface area contributed by atoms with Gasteiger partial charge in [-0.05, 0) is 30.7 Å². The van der Waals surface area contributed by atoms with Crippen LogP contribution in [0.4, 0.5) is 0 Å². The number of hydrogen-bond acceptors (Lipinski definition) is 4. The lowest BCUT2D eigenvalue weighted by atomic mass is 10.2. The average molecular weight is 267 g/mol. The summed E-state index contributed by atoms with van der Waals surface area (Å²) in [5.74, 6) is 2.07. The Bertz CT molecular complexity index is 366. The molecule has 0 aliphatic heterocycles. The van der Waals surface area contributed by atoms with Gasteiger partial charge >= 0.3 is 0 Å². The zero-order chi connectivity index (χ0) is 14.1. The summed E-state index contributed by atoms with van der Waals surface area (Å²) in [7, 11) is 3.57. The van der Waals surface area contributed by atoms with E-state index in [0.717, 1.165) is 24.7 Å². The Balaban J connectivity index is 2.48. The fourth-order valence-electron chi connectivity index (χ4n) is 1.68. The molecule has 4 nitrogen and oxygen atoms in total. The van der Waals surface area contributed by atoms with Crippen molar-refractivity contribution in [2.45, 2.75) is 20.4 Å². The maximum absolute atomic E-state index is 5.72. The molecule has 0 aromatic heterocycles. The van der Waals surface area contributed by atoms with Crippen LogP contribution in [0.5, 0.6) is 11.5 Å². The summed E-state index contributed by atoms with van der Waals surface area (Å²) in [5.41, 5.74) is 1.17. The molecular weight excluding hydrogens is 242 g/mol. The van der Waals surface area contributed by atoms with E-state index in [1.165, 1.54) is 5.56 Å². The zero-order valence-corrected chi connectivity index (χ0v) is 12.4. The van der Waals surface area contributed by atoms with Crippen LogP contribution in [-0.4, -0.2) is 34.0 Å². The number of benzene rings is 1. The molecule has 19 heavy (non-hydrogen) atoms. The summed E-state index contributed by atoms with van der Waals surface area (Å²) >= 11 is 0. The molecule has 1 aromatic rings. The minimum atomic E-state index is 0.534. The van der Waals surface area contributed by atoms with E-state index >= 15 is 0 Å². The third kappa shape index (κ3) is 5.94. The molecule has 0 radical (unpaired) electrons. The van der Waals surface area contributed by atoms with E-state index in [2.05, 4.69) is 19.2 Å². The van der Waals surface area contributed by atoms with Gasteiger partial charge in [0, 0.05) is 13.2 Å². The van der Waals surface area contributed by atoms with Gasteiger partial charge in [0.05, 0.1) is 13.7 Å². The second-order valence-electron chi connectivity index (χ2n) is 4.83. The molecular formula is C15H25NO3. The molecule has 4 heteroatoms. The number of ether oxygens (including phenoxy) is 3. The van der Waals surface area contributed by atoms with E-state index < -0.39 is 0 Å². The second-order valence-corrected chi connectivity index (χ2v) is 4.83. The van der Waals surface area contributed by atoms with Crippen LogP contribution in [0, 0.1) is 5.92 Å². The Morgan fingerprint density at radius 3 is 2.58 bits per heavy atom. The van der Waals surface area contributed by atoms with Crippen LogP contribution < -0.4 is 14.8 Å². The number of nitrogens with one attached hydrogen (secondary N) is 1. The lowest BCUT2D eigenvalue weighted by Gasteiger charge is -2.13. The van der Waals surface area contributed by atoms with Crippen molar-refractivity contribution < 1.29 is 14.2 Å². The lowest BCUT2D eigenvalue weighted by molar-refractivity contribution is 0.0810. The highest BCUT2D eigenvalue weighted by atomic mass is 16.5. The van der Waals surface area contributed by atoms with Gasteiger partial charge in [0.2, 0.25) is 0 Å². The summed E-state index contributed by atoms with van der Waals surface area (Å²) in [6.07, 6.45) is 0. The first-order chi connectivity index (χ1) is 9.17. The summed E-state index contributed by atoms with van der Waals surface area (Å²) in [6.45, 7) is 6.96. The topological polar surface area (TPSA) is 39.7 Å². The van der Waals surface area contributed by atoms with Crippen molar-refractivity contribution in [3.63, 3.8) is 0 Å². The Morgan fingerprint density at radius 1 is 1.16 bits per heavy atom. The van der Waals surface area contributed by atoms with E-state index in [0.29, 0.717) is 19.1 Å². The van der Waals surface area contributed by atoms with Gasteiger partial charge in [-0.25, -0.2) is 0 Å². The van der Waals surface area contributed by atoms with Gasteiger partial charge in [0.25, 0.3) is 0 Å². The first-order valence-electron chi connectivity index (χ1n) is 6.69. The lowest BCUT2D eigenvalue weighted by Crippen LogP contribution is -2.11. The largest absolute Gasteiger partial charge is 0.493 e. The zero-order valence-electron chi connectivity index (χ0n) is 12.4. The monoisotopic (exact) mass is 267 g/mol. The predicted molar refractivity (Wildman–Crippen MR) is 76.9 cm³/mol. The van der Waals surface area contributed by atoms with Crippen LogP contribution in [0.2, 0.25) is 0 Å². The molecule has 0 aliphatic rings. The molecule has 0 bridgehead atoms. The molecule has 0 heterocycles. The standard InChI is InChI=1S/C15H25NO3/c1-12(2)11-18-7-8-19-15-9-13(10-16-3)5-6-14(15)17-4/h5-6,9,12,16H,7-8,10-11H2,1-4H3. The quantitative estimate of drug-likeness (QED) is 0.698. The van der Waals surface area contributed by atoms with Gasteiger partial charge in [0.15, 0.2) is 11.5 Å². The van der Waals surface area contributed by atoms with Crippen molar-refractivity contribution in [1.29, 1.82) is 0 Å². The minimum Gasteiger partial charge on any atom is -0.493 e. The highest BCUT2D eigenvalue weighted by Crippen LogP contribution is 2.27. The Kier molecular flexibility index (Phi) is 7.30. The Labute approximate surface area is 116 Å². The maximum Gasteiger partial charge on any atom is 0.161 e. The summed E-state index contributed by atoms with van der Waals surface area (Å²) in [5, 5.41) is 3.12. The van der Waals surface area contributed by atoms with Crippen molar-refractivity contribution in [3.8, 4) is 11.5 Å². The Morgan fingerprint density at radius 2 is 1.95 bits per heavy atom. The number of methoxy groups -OCH3 is 1. The van der Waals surface area contributed by atoms with Crippen LogP contribution in [-0.2, 0) is 11.3 Å². The highest BCUT2D eigenvalue weighted by molar-refractivity contribution is 5.42. The summed E-state index contributed by atoms with van der Waals surface area (Å²) in [6, 6.07) is 5.95. The molecule has 108 valence electrons. The average Bonchev–Trinajstić information content (AvgIpc) is 2.38. The SMILES string of the molecule is CNCc1ccc(OC)c(OCCOCC(C)C)c1. The number of hydrogen-bond donors (Lipinski definition) is 1.